The van der Waals surface area contributed by atoms with Crippen molar-refractivity contribution in [1.82, 2.24) is 29.4 Å². The number of amides is 2. The van der Waals surface area contributed by atoms with Gasteiger partial charge in [0.1, 0.15) is 34.2 Å². The van der Waals surface area contributed by atoms with Gasteiger partial charge in [0.25, 0.3) is 5.91 Å². The van der Waals surface area contributed by atoms with E-state index in [1.54, 1.807) is 37.3 Å². The molecule has 35 heavy (non-hydrogen) atoms. The van der Waals surface area contributed by atoms with Gasteiger partial charge in [0.05, 0.1) is 11.3 Å². The number of nitrogens with one attached hydrogen (secondary N) is 1. The van der Waals surface area contributed by atoms with Crippen LogP contribution in [0.15, 0.2) is 36.7 Å². The number of pyridine rings is 1. The topological polar surface area (TPSA) is 84.5 Å². The number of nitrogens with zero attached hydrogens (tertiary/aromatic N) is 5. The van der Waals surface area contributed by atoms with Gasteiger partial charge < -0.3 is 10.2 Å². The van der Waals surface area contributed by atoms with Crippen LogP contribution in [0.25, 0.3) is 28.0 Å². The molecule has 0 spiro atoms. The Bertz CT molecular complexity index is 1560. The molecule has 2 fully saturated rings. The Hall–Kier alpha value is -3.79. The standard InChI is InChI=1S/C24H19ClF2N6O2/c1-11-14(10-31(2)30-11)19-15(26)3-4-16(27)20(19)21-22(25)32-6-5-12(7-18(32)29-21)24(35)33-9-13-8-17(33)23(34)28-13/h3-7,10,13,17H,8-9H2,1-2H3,(H,28,34)/t13-,17-/m0/s1. The molecular weight excluding hydrogens is 478 g/mol. The molecule has 0 unspecified atom stereocenters. The number of halogens is 3. The zero-order valence-corrected chi connectivity index (χ0v) is 19.5. The van der Waals surface area contributed by atoms with E-state index in [2.05, 4.69) is 15.4 Å². The molecule has 11 heteroatoms. The molecule has 4 aromatic rings. The molecule has 0 radical (unpaired) electrons. The molecule has 3 aromatic heterocycles. The molecule has 2 aliphatic heterocycles. The molecule has 5 heterocycles. The maximum atomic E-state index is 15.2. The third-order valence-electron chi connectivity index (χ3n) is 6.65. The lowest BCUT2D eigenvalue weighted by Gasteiger charge is -2.26. The van der Waals surface area contributed by atoms with Gasteiger partial charge in [0, 0.05) is 48.7 Å². The number of hydrogen-bond donors (Lipinski definition) is 1. The van der Waals surface area contributed by atoms with Gasteiger partial charge in [-0.15, -0.1) is 0 Å². The summed E-state index contributed by atoms with van der Waals surface area (Å²) in [5.41, 5.74) is 1.54. The van der Waals surface area contributed by atoms with Crippen LogP contribution in [0.2, 0.25) is 5.15 Å². The SMILES string of the molecule is Cc1nn(C)cc1-c1c(F)ccc(F)c1-c1nc2cc(C(=O)N3C[C@@H]4C[C@H]3C(=O)N4)ccn2c1Cl. The predicted octanol–water partition coefficient (Wildman–Crippen LogP) is 3.35. The smallest absolute Gasteiger partial charge is 0.254 e. The van der Waals surface area contributed by atoms with E-state index in [4.69, 9.17) is 11.6 Å². The van der Waals surface area contributed by atoms with Crippen LogP contribution < -0.4 is 5.32 Å². The highest BCUT2D eigenvalue weighted by atomic mass is 35.5. The van der Waals surface area contributed by atoms with Gasteiger partial charge in [-0.25, -0.2) is 13.8 Å². The first kappa shape index (κ1) is 21.7. The number of benzene rings is 1. The van der Waals surface area contributed by atoms with E-state index in [1.165, 1.54) is 15.1 Å². The zero-order chi connectivity index (χ0) is 24.6. The van der Waals surface area contributed by atoms with Crippen molar-refractivity contribution in [1.29, 1.82) is 0 Å². The lowest BCUT2D eigenvalue weighted by Crippen LogP contribution is -2.50. The normalized spacial score (nSPS) is 19.1. The van der Waals surface area contributed by atoms with E-state index < -0.39 is 17.7 Å². The molecule has 178 valence electrons. The van der Waals surface area contributed by atoms with Gasteiger partial charge in [-0.05, 0) is 37.6 Å². The number of aryl methyl sites for hydroxylation is 2. The van der Waals surface area contributed by atoms with Crippen molar-refractivity contribution in [2.75, 3.05) is 6.54 Å². The Labute approximate surface area is 203 Å². The summed E-state index contributed by atoms with van der Waals surface area (Å²) in [6, 6.07) is 4.69. The van der Waals surface area contributed by atoms with Gasteiger partial charge in [-0.2, -0.15) is 5.10 Å². The summed E-state index contributed by atoms with van der Waals surface area (Å²) in [7, 11) is 1.69. The second kappa shape index (κ2) is 7.61. The van der Waals surface area contributed by atoms with Crippen molar-refractivity contribution in [3.63, 3.8) is 0 Å². The van der Waals surface area contributed by atoms with Gasteiger partial charge in [0.15, 0.2) is 0 Å². The molecule has 8 nitrogen and oxygen atoms in total. The van der Waals surface area contributed by atoms with Gasteiger partial charge in [-0.3, -0.25) is 18.7 Å². The molecule has 1 N–H and O–H groups in total. The van der Waals surface area contributed by atoms with E-state index in [1.807, 2.05) is 0 Å². The molecule has 1 aromatic carbocycles. The van der Waals surface area contributed by atoms with Crippen molar-refractivity contribution in [2.24, 2.45) is 7.05 Å². The van der Waals surface area contributed by atoms with Crippen molar-refractivity contribution in [3.05, 3.63) is 64.7 Å². The molecule has 2 bridgehead atoms. The van der Waals surface area contributed by atoms with Crippen LogP contribution in [-0.2, 0) is 11.8 Å². The van der Waals surface area contributed by atoms with Crippen LogP contribution >= 0.6 is 11.6 Å². The monoisotopic (exact) mass is 496 g/mol. The van der Waals surface area contributed by atoms with Crippen LogP contribution in [0.4, 0.5) is 8.78 Å². The lowest BCUT2D eigenvalue weighted by atomic mass is 9.97. The minimum absolute atomic E-state index is 0.0105. The number of carbonyl (C=O) groups excluding carboxylic acids is 2. The Morgan fingerprint density at radius 3 is 2.60 bits per heavy atom. The number of carbonyl (C=O) groups is 2. The molecule has 6 rings (SSSR count). The number of fused-ring (bicyclic) bond motifs is 3. The summed E-state index contributed by atoms with van der Waals surface area (Å²) >= 11 is 6.59. The molecule has 2 saturated heterocycles. The average molecular weight is 497 g/mol. The van der Waals surface area contributed by atoms with Crippen LogP contribution in [-0.4, -0.2) is 54.5 Å². The van der Waals surface area contributed by atoms with Crippen LogP contribution in [0.3, 0.4) is 0 Å². The summed E-state index contributed by atoms with van der Waals surface area (Å²) < 4.78 is 33.3. The highest BCUT2D eigenvalue weighted by molar-refractivity contribution is 6.32. The molecule has 0 aliphatic carbocycles. The average Bonchev–Trinajstić information content (AvgIpc) is 3.57. The number of likely N-dealkylation sites (tertiary alicyclic amines) is 1. The highest BCUT2D eigenvalue weighted by Crippen LogP contribution is 2.40. The number of rotatable bonds is 3. The number of aromatic nitrogens is 4. The van der Waals surface area contributed by atoms with Crippen molar-refractivity contribution in [3.8, 4) is 22.4 Å². The third-order valence-corrected chi connectivity index (χ3v) is 7.01. The molecule has 2 atom stereocenters. The van der Waals surface area contributed by atoms with E-state index in [0.717, 1.165) is 12.1 Å². The van der Waals surface area contributed by atoms with Crippen LogP contribution in [0, 0.1) is 18.6 Å². The number of piperazine rings is 1. The molecule has 0 saturated carbocycles. The third kappa shape index (κ3) is 3.23. The van der Waals surface area contributed by atoms with Gasteiger partial charge >= 0.3 is 0 Å². The maximum Gasteiger partial charge on any atom is 0.254 e. The van der Waals surface area contributed by atoms with E-state index in [0.29, 0.717) is 35.4 Å². The predicted molar refractivity (Wildman–Crippen MR) is 124 cm³/mol. The highest BCUT2D eigenvalue weighted by Gasteiger charge is 2.46. The summed E-state index contributed by atoms with van der Waals surface area (Å²) in [6.45, 7) is 2.15. The number of imidazole rings is 1. The Balaban J connectivity index is 1.47. The van der Waals surface area contributed by atoms with Gasteiger partial charge in [0.2, 0.25) is 5.91 Å². The second-order valence-corrected chi connectivity index (χ2v) is 9.25. The Morgan fingerprint density at radius 1 is 1.20 bits per heavy atom. The fourth-order valence-corrected chi connectivity index (χ4v) is 5.36. The van der Waals surface area contributed by atoms with Gasteiger partial charge in [-0.1, -0.05) is 11.6 Å². The van der Waals surface area contributed by atoms with Crippen LogP contribution in [0.1, 0.15) is 22.5 Å². The van der Waals surface area contributed by atoms with E-state index >= 15 is 8.78 Å². The Morgan fingerprint density at radius 2 is 1.94 bits per heavy atom. The summed E-state index contributed by atoms with van der Waals surface area (Å²) in [5.74, 6) is -1.77. The molecule has 2 amide bonds. The summed E-state index contributed by atoms with van der Waals surface area (Å²) in [6.07, 6.45) is 3.76. The van der Waals surface area contributed by atoms with Crippen LogP contribution in [0.5, 0.6) is 0 Å². The quantitative estimate of drug-likeness (QED) is 0.471. The molecule has 2 aliphatic rings. The van der Waals surface area contributed by atoms with Crippen molar-refractivity contribution >= 4 is 29.1 Å². The first-order chi connectivity index (χ1) is 16.7. The minimum Gasteiger partial charge on any atom is -0.350 e. The lowest BCUT2D eigenvalue weighted by molar-refractivity contribution is -0.124. The minimum atomic E-state index is -0.689. The van der Waals surface area contributed by atoms with E-state index in [-0.39, 0.29) is 39.8 Å². The first-order valence-electron chi connectivity index (χ1n) is 11.0. The number of hydrogen-bond acceptors (Lipinski definition) is 4. The Kier molecular flexibility index (Phi) is 4.72. The summed E-state index contributed by atoms with van der Waals surface area (Å²) in [4.78, 5) is 31.2. The zero-order valence-electron chi connectivity index (χ0n) is 18.7. The fourth-order valence-electron chi connectivity index (χ4n) is 5.08. The van der Waals surface area contributed by atoms with Crippen molar-refractivity contribution < 1.29 is 18.4 Å². The largest absolute Gasteiger partial charge is 0.350 e. The molecular formula is C24H19ClF2N6O2. The maximum absolute atomic E-state index is 15.2. The summed E-state index contributed by atoms with van der Waals surface area (Å²) in [5, 5.41) is 7.17. The second-order valence-electron chi connectivity index (χ2n) is 8.89. The first-order valence-corrected chi connectivity index (χ1v) is 11.4. The fraction of sp³-hybridized carbons (Fsp3) is 0.250. The van der Waals surface area contributed by atoms with Crippen molar-refractivity contribution in [2.45, 2.75) is 25.4 Å². The van der Waals surface area contributed by atoms with E-state index in [9.17, 15) is 9.59 Å².